The molecule has 56 heavy (non-hydrogen) atoms. The summed E-state index contributed by atoms with van der Waals surface area (Å²) in [5, 5.41) is 9.42. The minimum atomic E-state index is -4.53. The van der Waals surface area contributed by atoms with Gasteiger partial charge in [0.25, 0.3) is 17.7 Å². The van der Waals surface area contributed by atoms with Crippen LogP contribution in [-0.4, -0.2) is 111 Å². The predicted molar refractivity (Wildman–Crippen MR) is 197 cm³/mol. The van der Waals surface area contributed by atoms with Crippen LogP contribution in [0.15, 0.2) is 48.8 Å². The third-order valence-corrected chi connectivity index (χ3v) is 13.1. The summed E-state index contributed by atoms with van der Waals surface area (Å²) in [4.78, 5) is 72.1. The van der Waals surface area contributed by atoms with Crippen molar-refractivity contribution in [3.8, 4) is 0 Å². The molecule has 1 atom stereocenters. The van der Waals surface area contributed by atoms with Crippen LogP contribution >= 0.6 is 11.6 Å². The summed E-state index contributed by atoms with van der Waals surface area (Å²) in [6.07, 6.45) is 3.41. The fourth-order valence-electron chi connectivity index (χ4n) is 9.05. The lowest BCUT2D eigenvalue weighted by Crippen LogP contribution is -2.70. The Labute approximate surface area is 325 Å². The van der Waals surface area contributed by atoms with Gasteiger partial charge < -0.3 is 10.2 Å². The molecule has 6 heterocycles. The number of alkyl halides is 3. The molecular formula is C39H40ClF3N8O5. The van der Waals surface area contributed by atoms with Gasteiger partial charge in [0.1, 0.15) is 11.6 Å². The number of halogens is 4. The Morgan fingerprint density at radius 2 is 1.61 bits per heavy atom. The second-order valence-corrected chi connectivity index (χ2v) is 16.3. The molecule has 9 rings (SSSR count). The van der Waals surface area contributed by atoms with Crippen LogP contribution in [0.25, 0.3) is 0 Å². The van der Waals surface area contributed by atoms with E-state index in [4.69, 9.17) is 11.6 Å². The van der Waals surface area contributed by atoms with E-state index in [1.807, 2.05) is 18.5 Å². The Morgan fingerprint density at radius 1 is 0.893 bits per heavy atom. The van der Waals surface area contributed by atoms with Gasteiger partial charge in [-0.1, -0.05) is 11.6 Å². The first-order chi connectivity index (χ1) is 26.8. The van der Waals surface area contributed by atoms with E-state index in [0.29, 0.717) is 30.8 Å². The second-order valence-electron chi connectivity index (χ2n) is 15.9. The minimum absolute atomic E-state index is 0.0785. The molecule has 2 N–H and O–H groups in total. The molecule has 294 valence electrons. The maximum absolute atomic E-state index is 13.5. The van der Waals surface area contributed by atoms with Gasteiger partial charge in [-0.3, -0.25) is 48.7 Å². The first kappa shape index (κ1) is 36.8. The molecule has 1 aliphatic carbocycles. The van der Waals surface area contributed by atoms with E-state index < -0.39 is 46.9 Å². The monoisotopic (exact) mass is 792 g/mol. The van der Waals surface area contributed by atoms with Crippen molar-refractivity contribution in [1.82, 2.24) is 29.8 Å². The van der Waals surface area contributed by atoms with Gasteiger partial charge in [-0.25, -0.2) is 0 Å². The summed E-state index contributed by atoms with van der Waals surface area (Å²) in [6.45, 7) is 5.52. The molecule has 5 amide bonds. The lowest BCUT2D eigenvalue weighted by atomic mass is 9.76. The zero-order valence-corrected chi connectivity index (χ0v) is 31.1. The molecule has 1 unspecified atom stereocenters. The molecule has 6 aliphatic rings. The number of likely N-dealkylation sites (tertiary alicyclic amines) is 2. The summed E-state index contributed by atoms with van der Waals surface area (Å²) >= 11 is 6.13. The summed E-state index contributed by atoms with van der Waals surface area (Å²) < 4.78 is 41.1. The van der Waals surface area contributed by atoms with E-state index in [9.17, 15) is 37.1 Å². The number of rotatable bonds is 8. The number of anilines is 2. The summed E-state index contributed by atoms with van der Waals surface area (Å²) in [5.41, 5.74) is 0.863. The van der Waals surface area contributed by atoms with Crippen molar-refractivity contribution in [3.05, 3.63) is 76.1 Å². The third kappa shape index (κ3) is 6.25. The molecule has 5 aliphatic heterocycles. The van der Waals surface area contributed by atoms with E-state index in [-0.39, 0.29) is 40.6 Å². The normalized spacial score (nSPS) is 23.8. The van der Waals surface area contributed by atoms with Gasteiger partial charge in [0.05, 0.1) is 33.6 Å². The number of nitrogens with one attached hydrogen (secondary N) is 2. The molecule has 0 bridgehead atoms. The SMILES string of the molecule is O=C1CCC(N2C(=O)c3ccc(N4CC(N5CC(N6CCC(c7cnn(C8(C(=O)Nc9ccc(C(F)(F)F)cc9Cl)CCC8)c7)CC6)C5)C4)cc3C2=O)C(=O)N1. The maximum atomic E-state index is 13.5. The summed E-state index contributed by atoms with van der Waals surface area (Å²) in [5.74, 6) is -2.06. The number of piperidine rings is 2. The Bertz CT molecular complexity index is 2140. The predicted octanol–water partition coefficient (Wildman–Crippen LogP) is 4.23. The fourth-order valence-corrected chi connectivity index (χ4v) is 9.28. The van der Waals surface area contributed by atoms with Crippen molar-refractivity contribution < 1.29 is 37.1 Å². The summed E-state index contributed by atoms with van der Waals surface area (Å²) in [7, 11) is 0. The molecule has 3 aromatic rings. The standard InChI is InChI=1S/C39H40ClF3N8O5/c40-30-14-24(39(41,42)43)2-5-31(30)45-37(56)38(10-1-11-38)50-17-23(16-44-50)22-8-12-47(13-9-22)26-18-49(19-26)27-20-48(21-27)25-3-4-28-29(15-25)36(55)51(35(28)54)32-6-7-33(52)46-34(32)53/h2-5,14-17,22,26-27,32H,1,6-13,18-21H2,(H,45,56)(H,46,52,53). The molecule has 4 saturated heterocycles. The van der Waals surface area contributed by atoms with Gasteiger partial charge in [-0.15, -0.1) is 0 Å². The average Bonchev–Trinajstić information content (AvgIpc) is 3.68. The van der Waals surface area contributed by atoms with E-state index in [2.05, 4.69) is 30.4 Å². The van der Waals surface area contributed by atoms with Crippen molar-refractivity contribution in [2.24, 2.45) is 0 Å². The fraction of sp³-hybridized carbons (Fsp3) is 0.487. The Hall–Kier alpha value is -4.80. The van der Waals surface area contributed by atoms with Gasteiger partial charge in [-0.2, -0.15) is 18.3 Å². The van der Waals surface area contributed by atoms with E-state index in [0.717, 1.165) is 86.8 Å². The van der Waals surface area contributed by atoms with Crippen LogP contribution in [-0.2, 0) is 26.1 Å². The van der Waals surface area contributed by atoms with Crippen LogP contribution in [0.2, 0.25) is 5.02 Å². The highest BCUT2D eigenvalue weighted by atomic mass is 35.5. The van der Waals surface area contributed by atoms with Crippen LogP contribution in [0, 0.1) is 0 Å². The van der Waals surface area contributed by atoms with Crippen molar-refractivity contribution in [3.63, 3.8) is 0 Å². The molecular weight excluding hydrogens is 753 g/mol. The molecule has 0 spiro atoms. The number of hydrogen-bond donors (Lipinski definition) is 2. The van der Waals surface area contributed by atoms with E-state index in [1.165, 1.54) is 6.07 Å². The first-order valence-electron chi connectivity index (χ1n) is 19.1. The number of carbonyl (C=O) groups is 5. The Morgan fingerprint density at radius 3 is 2.27 bits per heavy atom. The second kappa shape index (κ2) is 13.7. The molecule has 13 nitrogen and oxygen atoms in total. The molecule has 0 radical (unpaired) electrons. The number of amides is 5. The lowest BCUT2D eigenvalue weighted by Gasteiger charge is -2.55. The molecule has 1 saturated carbocycles. The van der Waals surface area contributed by atoms with Gasteiger partial charge >= 0.3 is 6.18 Å². The van der Waals surface area contributed by atoms with Crippen LogP contribution in [0.5, 0.6) is 0 Å². The van der Waals surface area contributed by atoms with Crippen LogP contribution in [0.4, 0.5) is 24.5 Å². The topological polar surface area (TPSA) is 140 Å². The zero-order chi connectivity index (χ0) is 39.1. The Kier molecular flexibility index (Phi) is 9.00. The largest absolute Gasteiger partial charge is 0.416 e. The molecule has 2 aromatic carbocycles. The number of fused-ring (bicyclic) bond motifs is 1. The summed E-state index contributed by atoms with van der Waals surface area (Å²) in [6, 6.07) is 8.05. The molecule has 5 fully saturated rings. The van der Waals surface area contributed by atoms with Crippen LogP contribution in [0.1, 0.15) is 82.7 Å². The van der Waals surface area contributed by atoms with Gasteiger partial charge in [-0.05, 0) is 99.5 Å². The maximum Gasteiger partial charge on any atom is 0.416 e. The zero-order valence-electron chi connectivity index (χ0n) is 30.4. The minimum Gasteiger partial charge on any atom is -0.368 e. The first-order valence-corrected chi connectivity index (χ1v) is 19.5. The Balaban J connectivity index is 0.745. The van der Waals surface area contributed by atoms with Crippen molar-refractivity contribution in [1.29, 1.82) is 0 Å². The molecule has 17 heteroatoms. The highest BCUT2D eigenvalue weighted by Gasteiger charge is 2.48. The van der Waals surface area contributed by atoms with Gasteiger partial charge in [0.2, 0.25) is 11.8 Å². The molecule has 1 aromatic heterocycles. The van der Waals surface area contributed by atoms with Crippen molar-refractivity contribution in [2.75, 3.05) is 49.5 Å². The highest BCUT2D eigenvalue weighted by molar-refractivity contribution is 6.33. The number of imide groups is 2. The van der Waals surface area contributed by atoms with E-state index >= 15 is 0 Å². The van der Waals surface area contributed by atoms with Gasteiger partial charge in [0, 0.05) is 56.6 Å². The number of carbonyl (C=O) groups excluding carboxylic acids is 5. The third-order valence-electron chi connectivity index (χ3n) is 12.8. The van der Waals surface area contributed by atoms with Crippen molar-refractivity contribution >= 4 is 52.5 Å². The van der Waals surface area contributed by atoms with E-state index in [1.54, 1.807) is 16.8 Å². The smallest absolute Gasteiger partial charge is 0.368 e. The number of aromatic nitrogens is 2. The van der Waals surface area contributed by atoms with Crippen LogP contribution in [0.3, 0.4) is 0 Å². The number of benzene rings is 2. The van der Waals surface area contributed by atoms with Crippen molar-refractivity contribution in [2.45, 2.75) is 80.7 Å². The quantitative estimate of drug-likeness (QED) is 0.321. The highest BCUT2D eigenvalue weighted by Crippen LogP contribution is 2.42. The average molecular weight is 793 g/mol. The lowest BCUT2D eigenvalue weighted by molar-refractivity contribution is -0.138. The number of hydrogen-bond acceptors (Lipinski definition) is 9. The van der Waals surface area contributed by atoms with Gasteiger partial charge in [0.15, 0.2) is 0 Å². The number of nitrogens with zero attached hydrogens (tertiary/aromatic N) is 6. The van der Waals surface area contributed by atoms with Crippen LogP contribution < -0.4 is 15.5 Å².